The lowest BCUT2D eigenvalue weighted by Gasteiger charge is -2.20. The standard InChI is InChI=1S/C17H20N4/c1-17(2,3)18-12-14-8-6-10-16(20-14)21-15-9-5-4-7-13(15)11-19-21/h4-11,18H,12H2,1-3H3. The fourth-order valence-electron chi connectivity index (χ4n) is 2.19. The zero-order valence-electron chi connectivity index (χ0n) is 12.7. The van der Waals surface area contributed by atoms with Crippen molar-refractivity contribution in [2.24, 2.45) is 0 Å². The van der Waals surface area contributed by atoms with Crippen LogP contribution in [0, 0.1) is 0 Å². The van der Waals surface area contributed by atoms with Gasteiger partial charge in [-0.2, -0.15) is 5.10 Å². The van der Waals surface area contributed by atoms with Crippen molar-refractivity contribution in [1.82, 2.24) is 20.1 Å². The second-order valence-electron chi connectivity index (χ2n) is 6.21. The van der Waals surface area contributed by atoms with E-state index in [4.69, 9.17) is 4.98 Å². The largest absolute Gasteiger partial charge is 0.306 e. The van der Waals surface area contributed by atoms with Crippen LogP contribution >= 0.6 is 0 Å². The number of nitrogens with zero attached hydrogens (tertiary/aromatic N) is 3. The molecule has 3 aromatic rings. The van der Waals surface area contributed by atoms with Crippen molar-refractivity contribution in [3.05, 3.63) is 54.4 Å². The van der Waals surface area contributed by atoms with E-state index < -0.39 is 0 Å². The molecule has 1 aromatic carbocycles. The lowest BCUT2D eigenvalue weighted by molar-refractivity contribution is 0.421. The molecular formula is C17H20N4. The van der Waals surface area contributed by atoms with Gasteiger partial charge in [-0.25, -0.2) is 9.67 Å². The van der Waals surface area contributed by atoms with Crippen LogP contribution in [0.2, 0.25) is 0 Å². The third kappa shape index (κ3) is 3.11. The van der Waals surface area contributed by atoms with Crippen LogP contribution in [-0.2, 0) is 6.54 Å². The number of nitrogens with one attached hydrogen (secondary N) is 1. The summed E-state index contributed by atoms with van der Waals surface area (Å²) in [6.07, 6.45) is 1.87. The van der Waals surface area contributed by atoms with Crippen molar-refractivity contribution >= 4 is 10.9 Å². The van der Waals surface area contributed by atoms with Gasteiger partial charge < -0.3 is 5.32 Å². The van der Waals surface area contributed by atoms with E-state index in [0.717, 1.165) is 29.0 Å². The van der Waals surface area contributed by atoms with E-state index in [1.165, 1.54) is 0 Å². The first kappa shape index (κ1) is 13.8. The van der Waals surface area contributed by atoms with Crippen molar-refractivity contribution < 1.29 is 0 Å². The summed E-state index contributed by atoms with van der Waals surface area (Å²) in [5.74, 6) is 0.851. The number of hydrogen-bond donors (Lipinski definition) is 1. The maximum Gasteiger partial charge on any atom is 0.154 e. The molecule has 4 nitrogen and oxygen atoms in total. The Morgan fingerprint density at radius 3 is 2.67 bits per heavy atom. The minimum Gasteiger partial charge on any atom is -0.306 e. The smallest absolute Gasteiger partial charge is 0.154 e. The van der Waals surface area contributed by atoms with Crippen molar-refractivity contribution in [3.63, 3.8) is 0 Å². The van der Waals surface area contributed by atoms with Gasteiger partial charge in [-0.05, 0) is 39.0 Å². The maximum absolute atomic E-state index is 4.71. The zero-order valence-corrected chi connectivity index (χ0v) is 12.7. The zero-order chi connectivity index (χ0) is 14.9. The molecule has 0 saturated carbocycles. The summed E-state index contributed by atoms with van der Waals surface area (Å²) in [5.41, 5.74) is 2.17. The number of para-hydroxylation sites is 1. The Morgan fingerprint density at radius 1 is 1.05 bits per heavy atom. The molecule has 0 aliphatic carbocycles. The third-order valence-electron chi connectivity index (χ3n) is 3.29. The van der Waals surface area contributed by atoms with Gasteiger partial charge in [0, 0.05) is 17.5 Å². The highest BCUT2D eigenvalue weighted by molar-refractivity contribution is 5.79. The fourth-order valence-corrected chi connectivity index (χ4v) is 2.19. The van der Waals surface area contributed by atoms with Crippen LogP contribution in [0.1, 0.15) is 26.5 Å². The number of pyridine rings is 1. The minimum absolute atomic E-state index is 0.0794. The Kier molecular flexibility index (Phi) is 3.47. The topological polar surface area (TPSA) is 42.7 Å². The summed E-state index contributed by atoms with van der Waals surface area (Å²) < 4.78 is 1.88. The molecule has 2 aromatic heterocycles. The Bertz CT molecular complexity index is 753. The lowest BCUT2D eigenvalue weighted by atomic mass is 10.1. The molecule has 2 heterocycles. The molecule has 1 N–H and O–H groups in total. The average Bonchev–Trinajstić information content (AvgIpc) is 2.89. The van der Waals surface area contributed by atoms with E-state index in [1.807, 2.05) is 41.2 Å². The summed E-state index contributed by atoms with van der Waals surface area (Å²) in [6, 6.07) is 14.2. The molecule has 0 fully saturated rings. The molecule has 0 atom stereocenters. The predicted octanol–water partition coefficient (Wildman–Crippen LogP) is 3.31. The monoisotopic (exact) mass is 280 g/mol. The van der Waals surface area contributed by atoms with E-state index in [2.05, 4.69) is 43.3 Å². The molecule has 0 saturated heterocycles. The lowest BCUT2D eigenvalue weighted by Crippen LogP contribution is -2.35. The third-order valence-corrected chi connectivity index (χ3v) is 3.29. The number of rotatable bonds is 3. The molecule has 0 aliphatic heterocycles. The summed E-state index contributed by atoms with van der Waals surface area (Å²) in [6.45, 7) is 7.20. The molecule has 0 unspecified atom stereocenters. The van der Waals surface area contributed by atoms with E-state index in [-0.39, 0.29) is 5.54 Å². The highest BCUT2D eigenvalue weighted by Crippen LogP contribution is 2.16. The quantitative estimate of drug-likeness (QED) is 0.800. The van der Waals surface area contributed by atoms with E-state index in [0.29, 0.717) is 0 Å². The Hall–Kier alpha value is -2.20. The van der Waals surface area contributed by atoms with Crippen molar-refractivity contribution in [3.8, 4) is 5.82 Å². The van der Waals surface area contributed by atoms with Crippen LogP contribution < -0.4 is 5.32 Å². The predicted molar refractivity (Wildman–Crippen MR) is 85.5 cm³/mol. The fraction of sp³-hybridized carbons (Fsp3) is 0.294. The van der Waals surface area contributed by atoms with Crippen LogP contribution in [0.5, 0.6) is 0 Å². The minimum atomic E-state index is 0.0794. The van der Waals surface area contributed by atoms with Crippen molar-refractivity contribution in [2.75, 3.05) is 0 Å². The highest BCUT2D eigenvalue weighted by Gasteiger charge is 2.10. The molecule has 0 radical (unpaired) electrons. The first-order valence-electron chi connectivity index (χ1n) is 7.17. The summed E-state index contributed by atoms with van der Waals surface area (Å²) >= 11 is 0. The molecule has 108 valence electrons. The van der Waals surface area contributed by atoms with E-state index >= 15 is 0 Å². The van der Waals surface area contributed by atoms with Gasteiger partial charge in [-0.3, -0.25) is 0 Å². The molecule has 0 aliphatic rings. The number of aromatic nitrogens is 3. The molecule has 3 rings (SSSR count). The number of fused-ring (bicyclic) bond motifs is 1. The molecule has 0 amide bonds. The van der Waals surface area contributed by atoms with Gasteiger partial charge in [0.15, 0.2) is 5.82 Å². The first-order chi connectivity index (χ1) is 10.0. The summed E-state index contributed by atoms with van der Waals surface area (Å²) in [4.78, 5) is 4.71. The normalized spacial score (nSPS) is 12.0. The van der Waals surface area contributed by atoms with Gasteiger partial charge in [0.25, 0.3) is 0 Å². The second kappa shape index (κ2) is 5.30. The Labute approximate surface area is 124 Å². The van der Waals surface area contributed by atoms with Crippen LogP contribution in [0.25, 0.3) is 16.7 Å². The van der Waals surface area contributed by atoms with Gasteiger partial charge in [0.05, 0.1) is 17.4 Å². The van der Waals surface area contributed by atoms with Gasteiger partial charge in [0.2, 0.25) is 0 Å². The molecular weight excluding hydrogens is 260 g/mol. The maximum atomic E-state index is 4.71. The van der Waals surface area contributed by atoms with Crippen LogP contribution in [0.3, 0.4) is 0 Å². The van der Waals surface area contributed by atoms with Crippen LogP contribution in [-0.4, -0.2) is 20.3 Å². The van der Waals surface area contributed by atoms with E-state index in [1.54, 1.807) is 0 Å². The van der Waals surface area contributed by atoms with E-state index in [9.17, 15) is 0 Å². The average molecular weight is 280 g/mol. The summed E-state index contributed by atoms with van der Waals surface area (Å²) in [7, 11) is 0. The Morgan fingerprint density at radius 2 is 1.86 bits per heavy atom. The van der Waals surface area contributed by atoms with Crippen LogP contribution in [0.15, 0.2) is 48.7 Å². The van der Waals surface area contributed by atoms with Gasteiger partial charge >= 0.3 is 0 Å². The highest BCUT2D eigenvalue weighted by atomic mass is 15.3. The summed E-state index contributed by atoms with van der Waals surface area (Å²) in [5, 5.41) is 9.03. The van der Waals surface area contributed by atoms with Crippen molar-refractivity contribution in [1.29, 1.82) is 0 Å². The number of hydrogen-bond acceptors (Lipinski definition) is 3. The molecule has 0 bridgehead atoms. The molecule has 0 spiro atoms. The van der Waals surface area contributed by atoms with Gasteiger partial charge in [0.1, 0.15) is 0 Å². The molecule has 4 heteroatoms. The second-order valence-corrected chi connectivity index (χ2v) is 6.21. The van der Waals surface area contributed by atoms with Gasteiger partial charge in [-0.15, -0.1) is 0 Å². The molecule has 21 heavy (non-hydrogen) atoms. The van der Waals surface area contributed by atoms with Crippen molar-refractivity contribution in [2.45, 2.75) is 32.9 Å². The van der Waals surface area contributed by atoms with Crippen LogP contribution in [0.4, 0.5) is 0 Å². The Balaban J connectivity index is 1.92. The SMILES string of the molecule is CC(C)(C)NCc1cccc(-n2ncc3ccccc32)n1. The first-order valence-corrected chi connectivity index (χ1v) is 7.17. The van der Waals surface area contributed by atoms with Gasteiger partial charge in [-0.1, -0.05) is 24.3 Å². The number of benzene rings is 1.